The molecule has 18 heavy (non-hydrogen) atoms. The van der Waals surface area contributed by atoms with E-state index in [4.69, 9.17) is 16.6 Å². The van der Waals surface area contributed by atoms with Crippen molar-refractivity contribution in [3.05, 3.63) is 0 Å². The van der Waals surface area contributed by atoms with Crippen molar-refractivity contribution in [2.75, 3.05) is 0 Å². The molecular weight excluding hydrogens is 238 g/mol. The van der Waals surface area contributed by atoms with Crippen LogP contribution in [0, 0.1) is 0 Å². The molecule has 1 rings (SSSR count). The molecule has 6 N–H and O–H groups in total. The van der Waals surface area contributed by atoms with E-state index in [0.29, 0.717) is 12.8 Å². The fourth-order valence-corrected chi connectivity index (χ4v) is 2.11. The summed E-state index contributed by atoms with van der Waals surface area (Å²) in [5.41, 5.74) is 9.87. The molecule has 2 amide bonds. The average molecular weight is 257 g/mol. The predicted molar refractivity (Wildman–Crippen MR) is 63.4 cm³/mol. The summed E-state index contributed by atoms with van der Waals surface area (Å²) in [6.07, 6.45) is 3.34. The lowest BCUT2D eigenvalue weighted by Crippen LogP contribution is -2.58. The standard InChI is InChI=1S/C11H19N3O4/c12-8(15)6-7(9(16)17)14-10(18)11(13)4-2-1-3-5-11/h7H,1-6,13H2,(H2,12,15)(H,14,18)(H,16,17)/t7-/m1/s1. The number of carbonyl (C=O) groups is 3. The first-order chi connectivity index (χ1) is 8.35. The normalized spacial score (nSPS) is 19.8. The van der Waals surface area contributed by atoms with E-state index >= 15 is 0 Å². The quantitative estimate of drug-likeness (QED) is 0.505. The molecule has 1 atom stereocenters. The highest BCUT2D eigenvalue weighted by Crippen LogP contribution is 2.26. The highest BCUT2D eigenvalue weighted by Gasteiger charge is 2.37. The molecule has 0 spiro atoms. The maximum Gasteiger partial charge on any atom is 0.326 e. The minimum atomic E-state index is -1.31. The summed E-state index contributed by atoms with van der Waals surface area (Å²) in [6.45, 7) is 0. The van der Waals surface area contributed by atoms with Gasteiger partial charge in [-0.2, -0.15) is 0 Å². The highest BCUT2D eigenvalue weighted by atomic mass is 16.4. The molecule has 1 saturated carbocycles. The Kier molecular flexibility index (Phi) is 4.66. The lowest BCUT2D eigenvalue weighted by atomic mass is 9.81. The number of aliphatic carboxylic acids is 1. The topological polar surface area (TPSA) is 136 Å². The van der Waals surface area contributed by atoms with Crippen molar-refractivity contribution >= 4 is 17.8 Å². The van der Waals surface area contributed by atoms with Crippen LogP contribution in [-0.4, -0.2) is 34.5 Å². The Labute approximate surface area is 105 Å². The Morgan fingerprint density at radius 1 is 1.22 bits per heavy atom. The summed E-state index contributed by atoms with van der Waals surface area (Å²) in [7, 11) is 0. The number of carboxylic acids is 1. The molecule has 0 aromatic rings. The van der Waals surface area contributed by atoms with Gasteiger partial charge in [-0.15, -0.1) is 0 Å². The van der Waals surface area contributed by atoms with Gasteiger partial charge in [-0.1, -0.05) is 19.3 Å². The molecule has 0 bridgehead atoms. The van der Waals surface area contributed by atoms with E-state index in [9.17, 15) is 14.4 Å². The second kappa shape index (κ2) is 5.81. The SMILES string of the molecule is NC(=O)C[C@@H](NC(=O)C1(N)CCCCC1)C(=O)O. The Morgan fingerprint density at radius 2 is 1.78 bits per heavy atom. The van der Waals surface area contributed by atoms with Crippen LogP contribution in [0.1, 0.15) is 38.5 Å². The number of hydrogen-bond donors (Lipinski definition) is 4. The van der Waals surface area contributed by atoms with Gasteiger partial charge >= 0.3 is 5.97 Å². The third-order valence-corrected chi connectivity index (χ3v) is 3.21. The third kappa shape index (κ3) is 3.69. The largest absolute Gasteiger partial charge is 0.480 e. The van der Waals surface area contributed by atoms with E-state index in [2.05, 4.69) is 5.32 Å². The molecule has 0 aromatic carbocycles. The molecule has 0 saturated heterocycles. The lowest BCUT2D eigenvalue weighted by molar-refractivity contribution is -0.144. The first kappa shape index (κ1) is 14.4. The zero-order chi connectivity index (χ0) is 13.8. The van der Waals surface area contributed by atoms with E-state index in [1.165, 1.54) is 0 Å². The minimum Gasteiger partial charge on any atom is -0.480 e. The van der Waals surface area contributed by atoms with E-state index in [0.717, 1.165) is 19.3 Å². The number of nitrogens with two attached hydrogens (primary N) is 2. The predicted octanol–water partition coefficient (Wildman–Crippen LogP) is -0.907. The van der Waals surface area contributed by atoms with Crippen molar-refractivity contribution < 1.29 is 19.5 Å². The number of hydrogen-bond acceptors (Lipinski definition) is 4. The molecule has 0 aliphatic heterocycles. The minimum absolute atomic E-state index is 0.433. The summed E-state index contributed by atoms with van der Waals surface area (Å²) in [5, 5.41) is 11.2. The molecular formula is C11H19N3O4. The van der Waals surface area contributed by atoms with Gasteiger partial charge in [0.1, 0.15) is 6.04 Å². The van der Waals surface area contributed by atoms with Crippen LogP contribution >= 0.6 is 0 Å². The van der Waals surface area contributed by atoms with Crippen molar-refractivity contribution in [2.45, 2.75) is 50.1 Å². The molecule has 0 unspecified atom stereocenters. The van der Waals surface area contributed by atoms with Crippen LogP contribution in [0.5, 0.6) is 0 Å². The molecule has 7 nitrogen and oxygen atoms in total. The average Bonchev–Trinajstić information content (AvgIpc) is 2.28. The van der Waals surface area contributed by atoms with Gasteiger partial charge in [0.2, 0.25) is 11.8 Å². The van der Waals surface area contributed by atoms with E-state index < -0.39 is 35.8 Å². The van der Waals surface area contributed by atoms with E-state index in [-0.39, 0.29) is 0 Å². The van der Waals surface area contributed by atoms with Crippen LogP contribution < -0.4 is 16.8 Å². The molecule has 1 fully saturated rings. The number of nitrogens with one attached hydrogen (secondary N) is 1. The highest BCUT2D eigenvalue weighted by molar-refractivity contribution is 5.92. The summed E-state index contributed by atoms with van der Waals surface area (Å²) < 4.78 is 0. The Balaban J connectivity index is 2.65. The second-order valence-electron chi connectivity index (χ2n) is 4.75. The van der Waals surface area contributed by atoms with E-state index in [1.54, 1.807) is 0 Å². The summed E-state index contributed by atoms with van der Waals surface area (Å²) >= 11 is 0. The van der Waals surface area contributed by atoms with Gasteiger partial charge in [0, 0.05) is 0 Å². The molecule has 1 aliphatic rings. The van der Waals surface area contributed by atoms with Crippen LogP contribution in [0.4, 0.5) is 0 Å². The van der Waals surface area contributed by atoms with Gasteiger partial charge in [-0.25, -0.2) is 4.79 Å². The van der Waals surface area contributed by atoms with Gasteiger partial charge in [-0.3, -0.25) is 9.59 Å². The molecule has 102 valence electrons. The van der Waals surface area contributed by atoms with Crippen molar-refractivity contribution in [1.82, 2.24) is 5.32 Å². The first-order valence-electron chi connectivity index (χ1n) is 5.96. The van der Waals surface area contributed by atoms with Gasteiger partial charge in [0.25, 0.3) is 0 Å². The number of primary amides is 1. The third-order valence-electron chi connectivity index (χ3n) is 3.21. The monoisotopic (exact) mass is 257 g/mol. The van der Waals surface area contributed by atoms with Gasteiger partial charge in [-0.05, 0) is 12.8 Å². The fraction of sp³-hybridized carbons (Fsp3) is 0.727. The molecule has 0 aromatic heterocycles. The fourth-order valence-electron chi connectivity index (χ4n) is 2.11. The van der Waals surface area contributed by atoms with Crippen LogP contribution in [0.2, 0.25) is 0 Å². The smallest absolute Gasteiger partial charge is 0.326 e. The maximum absolute atomic E-state index is 12.0. The van der Waals surface area contributed by atoms with Crippen molar-refractivity contribution in [1.29, 1.82) is 0 Å². The second-order valence-corrected chi connectivity index (χ2v) is 4.75. The van der Waals surface area contributed by atoms with Crippen LogP contribution in [0.3, 0.4) is 0 Å². The van der Waals surface area contributed by atoms with Crippen LogP contribution in [0.15, 0.2) is 0 Å². The molecule has 0 radical (unpaired) electrons. The Hall–Kier alpha value is -1.63. The molecule has 7 heteroatoms. The lowest BCUT2D eigenvalue weighted by Gasteiger charge is -2.32. The van der Waals surface area contributed by atoms with Crippen LogP contribution in [-0.2, 0) is 14.4 Å². The molecule has 0 heterocycles. The van der Waals surface area contributed by atoms with Crippen molar-refractivity contribution in [3.8, 4) is 0 Å². The zero-order valence-electron chi connectivity index (χ0n) is 10.1. The summed E-state index contributed by atoms with van der Waals surface area (Å²) in [6, 6.07) is -1.31. The number of rotatable bonds is 5. The van der Waals surface area contributed by atoms with Crippen molar-refractivity contribution in [3.63, 3.8) is 0 Å². The maximum atomic E-state index is 12.0. The van der Waals surface area contributed by atoms with Gasteiger partial charge in [0.15, 0.2) is 0 Å². The number of carbonyl (C=O) groups excluding carboxylic acids is 2. The zero-order valence-corrected chi connectivity index (χ0v) is 10.1. The first-order valence-corrected chi connectivity index (χ1v) is 5.96. The molecule has 1 aliphatic carbocycles. The van der Waals surface area contributed by atoms with Crippen LogP contribution in [0.25, 0.3) is 0 Å². The van der Waals surface area contributed by atoms with Gasteiger partial charge in [0.05, 0.1) is 12.0 Å². The van der Waals surface area contributed by atoms with Crippen molar-refractivity contribution in [2.24, 2.45) is 11.5 Å². The van der Waals surface area contributed by atoms with E-state index in [1.807, 2.05) is 0 Å². The van der Waals surface area contributed by atoms with Gasteiger partial charge < -0.3 is 21.9 Å². The number of carboxylic acid groups (broad SMARTS) is 1. The number of amides is 2. The Morgan fingerprint density at radius 3 is 2.22 bits per heavy atom. The Bertz CT molecular complexity index is 350. The summed E-state index contributed by atoms with van der Waals surface area (Å²) in [4.78, 5) is 33.6. The summed E-state index contributed by atoms with van der Waals surface area (Å²) in [5.74, 6) is -2.59.